The molecule has 0 fully saturated rings. The number of nitrogen functional groups attached to an aromatic ring is 1. The Morgan fingerprint density at radius 1 is 1.09 bits per heavy atom. The molecular formula is C20H20ClF3N4O5. The number of hydrogen-bond acceptors (Lipinski definition) is 7. The van der Waals surface area contributed by atoms with Crippen molar-refractivity contribution in [3.63, 3.8) is 0 Å². The molecule has 3 rings (SSSR count). The molecule has 178 valence electrons. The van der Waals surface area contributed by atoms with Crippen molar-refractivity contribution >= 4 is 39.8 Å². The van der Waals surface area contributed by atoms with Gasteiger partial charge in [0, 0.05) is 25.4 Å². The van der Waals surface area contributed by atoms with E-state index in [1.165, 1.54) is 0 Å². The first-order valence-corrected chi connectivity index (χ1v) is 9.67. The van der Waals surface area contributed by atoms with E-state index in [0.29, 0.717) is 12.6 Å². The van der Waals surface area contributed by atoms with Crippen LogP contribution in [0.5, 0.6) is 0 Å². The Morgan fingerprint density at radius 3 is 2.27 bits per heavy atom. The molecule has 0 radical (unpaired) electrons. The summed E-state index contributed by atoms with van der Waals surface area (Å²) in [6.07, 6.45) is 0.794. The number of aliphatic hydroxyl groups excluding tert-OH is 2. The van der Waals surface area contributed by atoms with Gasteiger partial charge in [-0.3, -0.25) is 4.79 Å². The minimum atomic E-state index is -1.64. The molecule has 9 nitrogen and oxygen atoms in total. The molecule has 3 aromatic rings. The zero-order valence-corrected chi connectivity index (χ0v) is 17.7. The van der Waals surface area contributed by atoms with E-state index in [4.69, 9.17) is 33.3 Å². The predicted molar refractivity (Wildman–Crippen MR) is 118 cm³/mol. The maximum absolute atomic E-state index is 14.5. The van der Waals surface area contributed by atoms with Gasteiger partial charge in [0.15, 0.2) is 0 Å². The zero-order valence-electron chi connectivity index (χ0n) is 16.9. The number of aromatic carboxylic acids is 1. The van der Waals surface area contributed by atoms with Crippen LogP contribution in [0.4, 0.5) is 24.5 Å². The SMILES string of the molecule is NCCO.Nc1cc(-n2cc(C(=O)O)c(=O)c3cc(F)c(NCCO)c(Cl)c32)c(F)cc1F. The molecule has 2 aromatic carbocycles. The van der Waals surface area contributed by atoms with Crippen molar-refractivity contribution in [2.45, 2.75) is 0 Å². The number of nitrogens with one attached hydrogen (secondary N) is 1. The molecule has 0 spiro atoms. The van der Waals surface area contributed by atoms with E-state index in [1.54, 1.807) is 0 Å². The highest BCUT2D eigenvalue weighted by atomic mass is 35.5. The van der Waals surface area contributed by atoms with E-state index >= 15 is 0 Å². The second-order valence-electron chi connectivity index (χ2n) is 6.48. The zero-order chi connectivity index (χ0) is 24.9. The largest absolute Gasteiger partial charge is 0.477 e. The molecule has 8 N–H and O–H groups in total. The minimum Gasteiger partial charge on any atom is -0.477 e. The maximum atomic E-state index is 14.5. The highest BCUT2D eigenvalue weighted by Gasteiger charge is 2.23. The number of carboxylic acid groups (broad SMARTS) is 1. The third kappa shape index (κ3) is 5.37. The van der Waals surface area contributed by atoms with Crippen LogP contribution in [0.2, 0.25) is 5.02 Å². The number of anilines is 2. The van der Waals surface area contributed by atoms with E-state index < -0.39 is 51.2 Å². The van der Waals surface area contributed by atoms with Crippen LogP contribution in [0.1, 0.15) is 10.4 Å². The van der Waals surface area contributed by atoms with Gasteiger partial charge in [0.25, 0.3) is 0 Å². The summed E-state index contributed by atoms with van der Waals surface area (Å²) in [5.74, 6) is -4.79. The van der Waals surface area contributed by atoms with E-state index in [1.807, 2.05) is 0 Å². The Morgan fingerprint density at radius 2 is 1.73 bits per heavy atom. The summed E-state index contributed by atoms with van der Waals surface area (Å²) in [7, 11) is 0. The van der Waals surface area contributed by atoms with Crippen LogP contribution in [-0.2, 0) is 0 Å². The van der Waals surface area contributed by atoms with E-state index in [-0.39, 0.29) is 36.0 Å². The number of carbonyl (C=O) groups is 1. The molecular weight excluding hydrogens is 469 g/mol. The van der Waals surface area contributed by atoms with Gasteiger partial charge in [0.05, 0.1) is 46.2 Å². The van der Waals surface area contributed by atoms with Gasteiger partial charge in [-0.15, -0.1) is 0 Å². The summed E-state index contributed by atoms with van der Waals surface area (Å²) in [5, 5.41) is 27.7. The number of fused-ring (bicyclic) bond motifs is 1. The molecule has 0 unspecified atom stereocenters. The molecule has 0 atom stereocenters. The summed E-state index contributed by atoms with van der Waals surface area (Å²) in [6, 6.07) is 2.12. The van der Waals surface area contributed by atoms with Crippen LogP contribution in [0.3, 0.4) is 0 Å². The van der Waals surface area contributed by atoms with Crippen LogP contribution in [-0.4, -0.2) is 52.2 Å². The van der Waals surface area contributed by atoms with Crippen LogP contribution >= 0.6 is 11.6 Å². The number of halogens is 4. The third-order valence-electron chi connectivity index (χ3n) is 4.28. The Bertz CT molecular complexity index is 1250. The number of nitrogens with two attached hydrogens (primary N) is 2. The fourth-order valence-corrected chi connectivity index (χ4v) is 3.19. The number of nitrogens with zero attached hydrogens (tertiary/aromatic N) is 1. The number of pyridine rings is 1. The molecule has 0 saturated heterocycles. The Labute approximate surface area is 189 Å². The molecule has 1 aromatic heterocycles. The lowest BCUT2D eigenvalue weighted by Gasteiger charge is -2.18. The van der Waals surface area contributed by atoms with Gasteiger partial charge in [0.1, 0.15) is 23.0 Å². The maximum Gasteiger partial charge on any atom is 0.341 e. The second kappa shape index (κ2) is 11.0. The van der Waals surface area contributed by atoms with Crippen LogP contribution < -0.4 is 22.2 Å². The summed E-state index contributed by atoms with van der Waals surface area (Å²) < 4.78 is 43.4. The lowest BCUT2D eigenvalue weighted by atomic mass is 10.1. The van der Waals surface area contributed by atoms with Crippen molar-refractivity contribution in [3.8, 4) is 5.69 Å². The van der Waals surface area contributed by atoms with Gasteiger partial charge in [-0.1, -0.05) is 11.6 Å². The van der Waals surface area contributed by atoms with Crippen molar-refractivity contribution in [1.29, 1.82) is 0 Å². The molecule has 0 amide bonds. The molecule has 13 heteroatoms. The normalized spacial score (nSPS) is 10.6. The predicted octanol–water partition coefficient (Wildman–Crippen LogP) is 1.68. The number of rotatable bonds is 6. The summed E-state index contributed by atoms with van der Waals surface area (Å²) in [6.45, 7) is 0.0269. The van der Waals surface area contributed by atoms with Gasteiger partial charge in [-0.2, -0.15) is 0 Å². The third-order valence-corrected chi connectivity index (χ3v) is 4.65. The van der Waals surface area contributed by atoms with E-state index in [2.05, 4.69) is 5.32 Å². The van der Waals surface area contributed by atoms with Crippen molar-refractivity contribution in [2.75, 3.05) is 37.4 Å². The summed E-state index contributed by atoms with van der Waals surface area (Å²) >= 11 is 6.25. The molecule has 0 aliphatic rings. The average Bonchev–Trinajstić information content (AvgIpc) is 2.77. The number of aliphatic hydroxyl groups is 2. The summed E-state index contributed by atoms with van der Waals surface area (Å²) in [5.41, 5.74) is 7.07. The molecule has 1 heterocycles. The van der Waals surface area contributed by atoms with Gasteiger partial charge in [-0.25, -0.2) is 18.0 Å². The number of aromatic nitrogens is 1. The van der Waals surface area contributed by atoms with Crippen molar-refractivity contribution < 1.29 is 33.3 Å². The fourth-order valence-electron chi connectivity index (χ4n) is 2.84. The first kappa shape index (κ1) is 25.9. The molecule has 0 aliphatic heterocycles. The second-order valence-corrected chi connectivity index (χ2v) is 6.86. The highest BCUT2D eigenvalue weighted by Crippen LogP contribution is 2.35. The number of carboxylic acids is 1. The molecule has 0 saturated carbocycles. The number of benzene rings is 2. The Balaban J connectivity index is 0.000000890. The van der Waals surface area contributed by atoms with Crippen LogP contribution in [0.25, 0.3) is 16.6 Å². The average molecular weight is 489 g/mol. The lowest BCUT2D eigenvalue weighted by molar-refractivity contribution is 0.0695. The topological polar surface area (TPSA) is 164 Å². The smallest absolute Gasteiger partial charge is 0.341 e. The standard InChI is InChI=1S/C18H13ClF3N3O4.C2H7NO/c19-14-15(24-1-2-26)11(22)3-7-16(14)25(6-8(17(7)27)18(28)29)13-5-12(23)9(20)4-10(13)21;3-1-2-4/h3-6,24,26H,1-2,23H2,(H,28,29);4H,1-3H2. The molecule has 33 heavy (non-hydrogen) atoms. The van der Waals surface area contributed by atoms with Gasteiger partial charge in [-0.05, 0) is 12.1 Å². The monoisotopic (exact) mass is 488 g/mol. The Hall–Kier alpha value is -3.32. The Kier molecular flexibility index (Phi) is 8.65. The van der Waals surface area contributed by atoms with Crippen molar-refractivity contribution in [1.82, 2.24) is 4.57 Å². The molecule has 0 bridgehead atoms. The van der Waals surface area contributed by atoms with Gasteiger partial charge >= 0.3 is 5.97 Å². The van der Waals surface area contributed by atoms with Crippen LogP contribution in [0.15, 0.2) is 29.2 Å². The summed E-state index contributed by atoms with van der Waals surface area (Å²) in [4.78, 5) is 24.0. The number of hydrogen-bond donors (Lipinski definition) is 6. The van der Waals surface area contributed by atoms with Crippen molar-refractivity contribution in [3.05, 3.63) is 62.7 Å². The minimum absolute atomic E-state index is 0.0859. The first-order valence-electron chi connectivity index (χ1n) is 9.30. The highest BCUT2D eigenvalue weighted by molar-refractivity contribution is 6.38. The van der Waals surface area contributed by atoms with Gasteiger partial charge < -0.3 is 36.7 Å². The molecule has 0 aliphatic carbocycles. The first-order chi connectivity index (χ1) is 15.6. The fraction of sp³-hybridized carbons (Fsp3) is 0.200. The van der Waals surface area contributed by atoms with Crippen LogP contribution in [0, 0.1) is 17.5 Å². The quantitative estimate of drug-likeness (QED) is 0.285. The lowest BCUT2D eigenvalue weighted by Crippen LogP contribution is -2.20. The van der Waals surface area contributed by atoms with E-state index in [9.17, 15) is 27.9 Å². The van der Waals surface area contributed by atoms with Crippen molar-refractivity contribution in [2.24, 2.45) is 5.73 Å². The van der Waals surface area contributed by atoms with E-state index in [0.717, 1.165) is 22.9 Å². The van der Waals surface area contributed by atoms with Gasteiger partial charge in [0.2, 0.25) is 5.43 Å².